The van der Waals surface area contributed by atoms with Crippen LogP contribution < -0.4 is 18.9 Å². The number of rotatable bonds is 9. The van der Waals surface area contributed by atoms with E-state index < -0.39 is 5.97 Å². The number of hydrogen-bond acceptors (Lipinski definition) is 7. The number of aromatic hydroxyl groups is 1. The second-order valence-corrected chi connectivity index (χ2v) is 7.12. The minimum Gasteiger partial charge on any atom is -0.507 e. The minimum absolute atomic E-state index is 0.116. The van der Waals surface area contributed by atoms with Crippen LogP contribution in [-0.4, -0.2) is 50.4 Å². The van der Waals surface area contributed by atoms with Gasteiger partial charge in [-0.2, -0.15) is 0 Å². The van der Waals surface area contributed by atoms with Crippen molar-refractivity contribution in [2.75, 3.05) is 28.4 Å². The summed E-state index contributed by atoms with van der Waals surface area (Å²) >= 11 is 0. The molecule has 0 amide bonds. The Kier molecular flexibility index (Phi) is 10.6. The topological polar surface area (TPSA) is 112 Å². The van der Waals surface area contributed by atoms with Gasteiger partial charge in [0, 0.05) is 18.2 Å². The van der Waals surface area contributed by atoms with Crippen molar-refractivity contribution in [2.45, 2.75) is 0 Å². The number of carbonyl (C=O) groups excluding carboxylic acids is 1. The van der Waals surface area contributed by atoms with Gasteiger partial charge in [0.15, 0.2) is 17.3 Å². The number of allylic oxidation sites excluding steroid dienone is 1. The number of ketones is 1. The molecule has 0 radical (unpaired) electrons. The number of hydrogen-bond donors (Lipinski definition) is 2. The van der Waals surface area contributed by atoms with E-state index in [0.717, 1.165) is 17.2 Å². The highest BCUT2D eigenvalue weighted by Crippen LogP contribution is 2.34. The van der Waals surface area contributed by atoms with Crippen molar-refractivity contribution in [3.05, 3.63) is 89.5 Å². The average molecular weight is 493 g/mol. The largest absolute Gasteiger partial charge is 0.507 e. The van der Waals surface area contributed by atoms with Gasteiger partial charge in [0.2, 0.25) is 0 Å². The van der Waals surface area contributed by atoms with Crippen molar-refractivity contribution in [1.29, 1.82) is 0 Å². The van der Waals surface area contributed by atoms with Crippen LogP contribution >= 0.6 is 0 Å². The predicted octanol–water partition coefficient (Wildman–Crippen LogP) is 5.11. The lowest BCUT2D eigenvalue weighted by Gasteiger charge is -2.10. The summed E-state index contributed by atoms with van der Waals surface area (Å²) in [6.07, 6.45) is 5.65. The molecule has 0 aliphatic rings. The molecule has 36 heavy (non-hydrogen) atoms. The van der Waals surface area contributed by atoms with Crippen LogP contribution in [0.3, 0.4) is 0 Å². The smallest absolute Gasteiger partial charge is 0.328 e. The zero-order chi connectivity index (χ0) is 26.5. The maximum absolute atomic E-state index is 12.3. The van der Waals surface area contributed by atoms with Crippen LogP contribution in [0.15, 0.2) is 72.8 Å². The maximum atomic E-state index is 12.3. The van der Waals surface area contributed by atoms with Gasteiger partial charge in [-0.1, -0.05) is 42.5 Å². The summed E-state index contributed by atoms with van der Waals surface area (Å²) in [5.41, 5.74) is 1.76. The van der Waals surface area contributed by atoms with Crippen molar-refractivity contribution < 1.29 is 38.7 Å². The number of aliphatic carboxylic acids is 1. The fraction of sp³-hybridized carbons (Fsp3) is 0.143. The molecule has 3 aromatic carbocycles. The molecule has 0 aliphatic carbocycles. The van der Waals surface area contributed by atoms with Gasteiger partial charge in [0.05, 0.1) is 28.4 Å². The van der Waals surface area contributed by atoms with Crippen molar-refractivity contribution in [2.24, 2.45) is 0 Å². The van der Waals surface area contributed by atoms with E-state index in [-0.39, 0.29) is 22.8 Å². The Balaban J connectivity index is 0.000000269. The number of phenols is 1. The van der Waals surface area contributed by atoms with Crippen LogP contribution in [0.4, 0.5) is 0 Å². The third kappa shape index (κ3) is 7.95. The Labute approximate surface area is 209 Å². The van der Waals surface area contributed by atoms with E-state index in [1.54, 1.807) is 37.5 Å². The fourth-order valence-corrected chi connectivity index (χ4v) is 3.05. The molecule has 0 spiro atoms. The first-order valence-electron chi connectivity index (χ1n) is 10.7. The number of phenolic OH excluding ortho intramolecular Hbond substituents is 1. The molecule has 0 aliphatic heterocycles. The highest BCUT2D eigenvalue weighted by atomic mass is 16.5. The minimum atomic E-state index is -0.982. The molecule has 0 unspecified atom stereocenters. The monoisotopic (exact) mass is 492 g/mol. The maximum Gasteiger partial charge on any atom is 0.328 e. The molecule has 0 saturated carbocycles. The molecule has 2 N–H and O–H groups in total. The van der Waals surface area contributed by atoms with Crippen molar-refractivity contribution in [3.63, 3.8) is 0 Å². The lowest BCUT2D eigenvalue weighted by Crippen LogP contribution is -2.00. The molecule has 0 heterocycles. The van der Waals surface area contributed by atoms with Crippen molar-refractivity contribution in [1.82, 2.24) is 0 Å². The van der Waals surface area contributed by atoms with Crippen LogP contribution in [0.25, 0.3) is 12.2 Å². The summed E-state index contributed by atoms with van der Waals surface area (Å²) in [5, 5.41) is 18.4. The van der Waals surface area contributed by atoms with E-state index in [0.29, 0.717) is 17.2 Å². The van der Waals surface area contributed by atoms with Gasteiger partial charge in [-0.3, -0.25) is 4.79 Å². The molecule has 0 aromatic heterocycles. The summed E-state index contributed by atoms with van der Waals surface area (Å²) in [6, 6.07) is 17.6. The quantitative estimate of drug-likeness (QED) is 0.313. The highest BCUT2D eigenvalue weighted by Gasteiger charge is 2.17. The molecule has 0 saturated heterocycles. The Morgan fingerprint density at radius 1 is 0.694 bits per heavy atom. The van der Waals surface area contributed by atoms with E-state index in [4.69, 9.17) is 24.1 Å². The number of carboxylic acids is 1. The lowest BCUT2D eigenvalue weighted by molar-refractivity contribution is -0.131. The summed E-state index contributed by atoms with van der Waals surface area (Å²) in [7, 11) is 5.99. The standard InChI is InChI=1S/C17H16O4.C11H12O4/c1-20-13-10-15(19)17(16(11-13)21-2)14(18)9-8-12-6-4-3-5-7-12;1-14-9-5-3-8(4-6-11(12)13)7-10(9)15-2/h3-11,19H,1-2H3;3-7H,1-2H3,(H,12,13). The number of carbonyl (C=O) groups is 2. The zero-order valence-corrected chi connectivity index (χ0v) is 20.4. The Bertz CT molecular complexity index is 1230. The Morgan fingerprint density at radius 2 is 1.33 bits per heavy atom. The molecular weight excluding hydrogens is 464 g/mol. The first-order chi connectivity index (χ1) is 17.3. The normalized spacial score (nSPS) is 10.4. The van der Waals surface area contributed by atoms with Gasteiger partial charge < -0.3 is 29.2 Å². The van der Waals surface area contributed by atoms with Crippen molar-refractivity contribution in [3.8, 4) is 28.7 Å². The summed E-state index contributed by atoms with van der Waals surface area (Å²) in [5.74, 6) is 0.395. The second kappa shape index (κ2) is 13.9. The molecule has 0 bridgehead atoms. The first kappa shape index (κ1) is 27.5. The van der Waals surface area contributed by atoms with Crippen LogP contribution in [0.1, 0.15) is 21.5 Å². The van der Waals surface area contributed by atoms with Crippen LogP contribution in [-0.2, 0) is 4.79 Å². The average Bonchev–Trinajstić information content (AvgIpc) is 2.90. The first-order valence-corrected chi connectivity index (χ1v) is 10.7. The third-order valence-corrected chi connectivity index (χ3v) is 4.81. The molecule has 0 fully saturated rings. The number of methoxy groups -OCH3 is 4. The summed E-state index contributed by atoms with van der Waals surface area (Å²) in [6.45, 7) is 0. The molecule has 3 rings (SSSR count). The molecule has 188 valence electrons. The van der Waals surface area contributed by atoms with Crippen LogP contribution in [0.2, 0.25) is 0 Å². The molecule has 3 aromatic rings. The van der Waals surface area contributed by atoms with E-state index in [9.17, 15) is 14.7 Å². The van der Waals surface area contributed by atoms with Crippen molar-refractivity contribution >= 4 is 23.9 Å². The number of ether oxygens (including phenoxy) is 4. The van der Waals surface area contributed by atoms with E-state index in [2.05, 4.69) is 0 Å². The highest BCUT2D eigenvalue weighted by molar-refractivity contribution is 6.10. The second-order valence-electron chi connectivity index (χ2n) is 7.12. The zero-order valence-electron chi connectivity index (χ0n) is 20.4. The third-order valence-electron chi connectivity index (χ3n) is 4.81. The Hall–Kier alpha value is -4.72. The van der Waals surface area contributed by atoms with E-state index in [1.165, 1.54) is 39.5 Å². The molecule has 8 heteroatoms. The molecule has 0 atom stereocenters. The van der Waals surface area contributed by atoms with Gasteiger partial charge >= 0.3 is 5.97 Å². The number of carboxylic acid groups (broad SMARTS) is 1. The Morgan fingerprint density at radius 3 is 1.92 bits per heavy atom. The van der Waals surface area contributed by atoms with E-state index in [1.807, 2.05) is 30.3 Å². The molecular formula is C28H28O8. The van der Waals surface area contributed by atoms with Crippen LogP contribution in [0.5, 0.6) is 28.7 Å². The number of benzene rings is 3. The summed E-state index contributed by atoms with van der Waals surface area (Å²) in [4.78, 5) is 22.6. The molecule has 8 nitrogen and oxygen atoms in total. The predicted molar refractivity (Wildman–Crippen MR) is 137 cm³/mol. The van der Waals surface area contributed by atoms with Gasteiger partial charge in [-0.25, -0.2) is 4.79 Å². The lowest BCUT2D eigenvalue weighted by atomic mass is 10.1. The van der Waals surface area contributed by atoms with Gasteiger partial charge in [-0.05, 0) is 35.4 Å². The van der Waals surface area contributed by atoms with Gasteiger partial charge in [-0.15, -0.1) is 0 Å². The van der Waals surface area contributed by atoms with Crippen LogP contribution in [0, 0.1) is 0 Å². The van der Waals surface area contributed by atoms with Gasteiger partial charge in [0.25, 0.3) is 0 Å². The summed E-state index contributed by atoms with van der Waals surface area (Å²) < 4.78 is 20.3. The SMILES string of the molecule is COc1cc(O)c(C(=O)C=Cc2ccccc2)c(OC)c1.COc1ccc(C=CC(=O)O)cc1OC. The van der Waals surface area contributed by atoms with E-state index >= 15 is 0 Å². The van der Waals surface area contributed by atoms with Gasteiger partial charge in [0.1, 0.15) is 22.8 Å². The fourth-order valence-electron chi connectivity index (χ4n) is 3.05.